The van der Waals surface area contributed by atoms with Crippen LogP contribution in [0.2, 0.25) is 0 Å². The molecule has 0 N–H and O–H groups in total. The molecule has 4 rings (SSSR count). The van der Waals surface area contributed by atoms with Gasteiger partial charge >= 0.3 is 0 Å². The van der Waals surface area contributed by atoms with E-state index in [9.17, 15) is 9.18 Å². The smallest absolute Gasteiger partial charge is 0.223 e. The van der Waals surface area contributed by atoms with Gasteiger partial charge in [0.2, 0.25) is 5.91 Å². The Hall–Kier alpha value is -2.20. The Morgan fingerprint density at radius 1 is 0.889 bits per heavy atom. The van der Waals surface area contributed by atoms with Crippen molar-refractivity contribution in [2.75, 3.05) is 13.1 Å². The normalized spacial score (nSPS) is 23.7. The first-order valence-electron chi connectivity index (χ1n) is 9.96. The molecule has 2 saturated heterocycles. The van der Waals surface area contributed by atoms with Gasteiger partial charge in [-0.05, 0) is 55.5 Å². The Balaban J connectivity index is 1.46. The Morgan fingerprint density at radius 2 is 1.70 bits per heavy atom. The summed E-state index contributed by atoms with van der Waals surface area (Å²) in [5, 5.41) is 0. The van der Waals surface area contributed by atoms with Gasteiger partial charge in [0.25, 0.3) is 0 Å². The topological polar surface area (TPSA) is 23.6 Å². The van der Waals surface area contributed by atoms with Crippen LogP contribution < -0.4 is 0 Å². The summed E-state index contributed by atoms with van der Waals surface area (Å²) in [5.41, 5.74) is 2.21. The molecule has 1 amide bonds. The minimum absolute atomic E-state index is 0.0103. The second-order valence-electron chi connectivity index (χ2n) is 7.95. The van der Waals surface area contributed by atoms with E-state index < -0.39 is 0 Å². The number of benzene rings is 2. The second kappa shape index (κ2) is 7.81. The molecule has 1 spiro atoms. The van der Waals surface area contributed by atoms with Gasteiger partial charge in [-0.15, -0.1) is 0 Å². The fourth-order valence-corrected chi connectivity index (χ4v) is 4.70. The summed E-state index contributed by atoms with van der Waals surface area (Å²) >= 11 is 0. The molecular formula is C23H27FN2O. The molecule has 142 valence electrons. The molecule has 2 aliphatic heterocycles. The summed E-state index contributed by atoms with van der Waals surface area (Å²) in [7, 11) is 0. The van der Waals surface area contributed by atoms with Gasteiger partial charge in [-0.1, -0.05) is 42.5 Å². The predicted molar refractivity (Wildman–Crippen MR) is 104 cm³/mol. The lowest BCUT2D eigenvalue weighted by Gasteiger charge is -2.38. The van der Waals surface area contributed by atoms with Crippen molar-refractivity contribution in [1.82, 2.24) is 9.80 Å². The minimum atomic E-state index is -0.172. The van der Waals surface area contributed by atoms with E-state index in [1.807, 2.05) is 24.3 Å². The van der Waals surface area contributed by atoms with Gasteiger partial charge in [0.05, 0.1) is 0 Å². The molecule has 2 aliphatic rings. The van der Waals surface area contributed by atoms with Crippen LogP contribution in [0.4, 0.5) is 4.39 Å². The maximum Gasteiger partial charge on any atom is 0.223 e. The highest BCUT2D eigenvalue weighted by atomic mass is 19.1. The molecule has 2 aromatic carbocycles. The van der Waals surface area contributed by atoms with Crippen LogP contribution in [0, 0.1) is 5.82 Å². The van der Waals surface area contributed by atoms with Crippen molar-refractivity contribution < 1.29 is 9.18 Å². The van der Waals surface area contributed by atoms with Crippen molar-refractivity contribution in [3.63, 3.8) is 0 Å². The van der Waals surface area contributed by atoms with Crippen LogP contribution in [0.1, 0.15) is 43.2 Å². The number of carbonyl (C=O) groups is 1. The van der Waals surface area contributed by atoms with E-state index in [1.54, 1.807) is 12.1 Å². The molecule has 0 bridgehead atoms. The Kier molecular flexibility index (Phi) is 5.26. The number of likely N-dealkylation sites (tertiary alicyclic amines) is 2. The van der Waals surface area contributed by atoms with E-state index in [1.165, 1.54) is 11.6 Å². The first kappa shape index (κ1) is 18.2. The third-order valence-corrected chi connectivity index (χ3v) is 6.17. The zero-order valence-electron chi connectivity index (χ0n) is 15.7. The number of amides is 1. The van der Waals surface area contributed by atoms with E-state index in [-0.39, 0.29) is 17.3 Å². The highest BCUT2D eigenvalue weighted by Gasteiger charge is 2.45. The van der Waals surface area contributed by atoms with Crippen LogP contribution in [-0.4, -0.2) is 34.3 Å². The monoisotopic (exact) mass is 366 g/mol. The van der Waals surface area contributed by atoms with E-state index in [2.05, 4.69) is 21.9 Å². The average Bonchev–Trinajstić information content (AvgIpc) is 2.84. The first-order chi connectivity index (χ1) is 13.1. The lowest BCUT2D eigenvalue weighted by Crippen LogP contribution is -2.45. The number of nitrogens with zero attached hydrogens (tertiary/aromatic N) is 2. The standard InChI is InChI=1S/C23H27FN2O/c24-21-9-4-8-20(16-21)17-25-14-5-11-23(13-15-25)12-10-22(27)26(23)18-19-6-2-1-3-7-19/h1-4,6-9,16H,5,10-15,17-18H2. The highest BCUT2D eigenvalue weighted by Crippen LogP contribution is 2.40. The van der Waals surface area contributed by atoms with Crippen molar-refractivity contribution in [3.8, 4) is 0 Å². The Bertz CT molecular complexity index is 794. The van der Waals surface area contributed by atoms with Gasteiger partial charge in [0, 0.05) is 31.6 Å². The van der Waals surface area contributed by atoms with E-state index in [0.717, 1.165) is 50.9 Å². The molecule has 27 heavy (non-hydrogen) atoms. The van der Waals surface area contributed by atoms with Gasteiger partial charge in [-0.2, -0.15) is 0 Å². The fourth-order valence-electron chi connectivity index (χ4n) is 4.70. The highest BCUT2D eigenvalue weighted by molar-refractivity contribution is 5.79. The first-order valence-corrected chi connectivity index (χ1v) is 9.96. The molecule has 0 radical (unpaired) electrons. The maximum atomic E-state index is 13.5. The van der Waals surface area contributed by atoms with Gasteiger partial charge in [-0.25, -0.2) is 4.39 Å². The zero-order valence-corrected chi connectivity index (χ0v) is 15.7. The largest absolute Gasteiger partial charge is 0.333 e. The van der Waals surface area contributed by atoms with E-state index in [4.69, 9.17) is 0 Å². The molecule has 0 aliphatic carbocycles. The SMILES string of the molecule is O=C1CCC2(CCCN(Cc3cccc(F)c3)CC2)N1Cc1ccccc1. The molecule has 4 heteroatoms. The number of rotatable bonds is 4. The molecule has 2 fully saturated rings. The van der Waals surface area contributed by atoms with Crippen LogP contribution in [0.25, 0.3) is 0 Å². The third-order valence-electron chi connectivity index (χ3n) is 6.17. The number of hydrogen-bond donors (Lipinski definition) is 0. The van der Waals surface area contributed by atoms with Crippen LogP contribution in [0.5, 0.6) is 0 Å². The van der Waals surface area contributed by atoms with Crippen molar-refractivity contribution in [2.24, 2.45) is 0 Å². The molecule has 1 atom stereocenters. The van der Waals surface area contributed by atoms with Crippen molar-refractivity contribution in [1.29, 1.82) is 0 Å². The molecule has 1 unspecified atom stereocenters. The summed E-state index contributed by atoms with van der Waals surface area (Å²) in [5.74, 6) is 0.117. The van der Waals surface area contributed by atoms with Crippen molar-refractivity contribution >= 4 is 5.91 Å². The van der Waals surface area contributed by atoms with E-state index in [0.29, 0.717) is 13.0 Å². The molecule has 3 nitrogen and oxygen atoms in total. The quantitative estimate of drug-likeness (QED) is 0.802. The van der Waals surface area contributed by atoms with Gasteiger partial charge in [-0.3, -0.25) is 9.69 Å². The van der Waals surface area contributed by atoms with E-state index >= 15 is 0 Å². The average molecular weight is 366 g/mol. The second-order valence-corrected chi connectivity index (χ2v) is 7.95. The molecule has 2 heterocycles. The maximum absolute atomic E-state index is 13.5. The van der Waals surface area contributed by atoms with Gasteiger partial charge in [0.1, 0.15) is 5.82 Å². The van der Waals surface area contributed by atoms with Crippen molar-refractivity contribution in [3.05, 3.63) is 71.5 Å². The number of halogens is 1. The number of carbonyl (C=O) groups excluding carboxylic acids is 1. The van der Waals surface area contributed by atoms with Crippen LogP contribution in [-0.2, 0) is 17.9 Å². The van der Waals surface area contributed by atoms with Gasteiger partial charge in [0.15, 0.2) is 0 Å². The molecule has 0 saturated carbocycles. The van der Waals surface area contributed by atoms with Crippen molar-refractivity contribution in [2.45, 2.75) is 50.7 Å². The lowest BCUT2D eigenvalue weighted by atomic mass is 9.87. The summed E-state index contributed by atoms with van der Waals surface area (Å²) in [4.78, 5) is 17.2. The summed E-state index contributed by atoms with van der Waals surface area (Å²) in [6.07, 6.45) is 4.77. The van der Waals surface area contributed by atoms with Crippen LogP contribution >= 0.6 is 0 Å². The molecular weight excluding hydrogens is 339 g/mol. The van der Waals surface area contributed by atoms with Gasteiger partial charge < -0.3 is 4.90 Å². The predicted octanol–water partition coefficient (Wildman–Crippen LogP) is 4.37. The summed E-state index contributed by atoms with van der Waals surface area (Å²) in [6.45, 7) is 3.45. The number of hydrogen-bond acceptors (Lipinski definition) is 2. The molecule has 0 aromatic heterocycles. The summed E-state index contributed by atoms with van der Waals surface area (Å²) in [6, 6.07) is 17.2. The van der Waals surface area contributed by atoms with Crippen LogP contribution in [0.15, 0.2) is 54.6 Å². The Morgan fingerprint density at radius 3 is 2.52 bits per heavy atom. The van der Waals surface area contributed by atoms with Crippen LogP contribution in [0.3, 0.4) is 0 Å². The Labute approximate surface area is 160 Å². The lowest BCUT2D eigenvalue weighted by molar-refractivity contribution is -0.132. The zero-order chi connectivity index (χ0) is 18.7. The minimum Gasteiger partial charge on any atom is -0.333 e. The summed E-state index contributed by atoms with van der Waals surface area (Å²) < 4.78 is 13.5. The molecule has 2 aromatic rings. The third kappa shape index (κ3) is 4.06. The fraction of sp³-hybridized carbons (Fsp3) is 0.435.